The number of carbonyl (C=O) groups is 3. The summed E-state index contributed by atoms with van der Waals surface area (Å²) >= 11 is 0. The van der Waals surface area contributed by atoms with E-state index in [9.17, 15) is 14.4 Å². The van der Waals surface area contributed by atoms with Crippen LogP contribution < -0.4 is 0 Å². The van der Waals surface area contributed by atoms with Crippen molar-refractivity contribution in [3.8, 4) is 0 Å². The van der Waals surface area contributed by atoms with E-state index < -0.39 is 5.41 Å². The highest BCUT2D eigenvalue weighted by Gasteiger charge is 2.54. The summed E-state index contributed by atoms with van der Waals surface area (Å²) in [5.74, 6) is -0.534. The van der Waals surface area contributed by atoms with Gasteiger partial charge in [0.1, 0.15) is 0 Å². The molecule has 0 saturated carbocycles. The molecule has 0 N–H and O–H groups in total. The summed E-state index contributed by atoms with van der Waals surface area (Å²) in [5.41, 5.74) is 1.46. The maximum absolute atomic E-state index is 13.9. The molecule has 0 radical (unpaired) electrons. The molecule has 3 amide bonds. The van der Waals surface area contributed by atoms with Gasteiger partial charge in [-0.25, -0.2) is 0 Å². The van der Waals surface area contributed by atoms with Crippen LogP contribution in [-0.2, 0) is 26.3 Å². The minimum atomic E-state index is -1.15. The van der Waals surface area contributed by atoms with Crippen molar-refractivity contribution in [2.75, 3.05) is 26.2 Å². The zero-order chi connectivity index (χ0) is 23.6. The summed E-state index contributed by atoms with van der Waals surface area (Å²) in [6.07, 6.45) is 0.0522. The molecular formula is C27H33N3O3. The first-order valence-corrected chi connectivity index (χ1v) is 11.8. The van der Waals surface area contributed by atoms with Gasteiger partial charge in [-0.3, -0.25) is 24.2 Å². The molecule has 2 aromatic rings. The SMILES string of the molecule is Cc1ccccc1[C@@]1(CC(=O)N2CCN(C(C)C)CC2)CC(=O)N(Cc2ccccc2)C1=O. The Morgan fingerprint density at radius 3 is 2.21 bits per heavy atom. The minimum absolute atomic E-state index is 0.0232. The number of likely N-dealkylation sites (tertiary alicyclic amines) is 1. The predicted molar refractivity (Wildman–Crippen MR) is 127 cm³/mol. The number of carbonyl (C=O) groups excluding carboxylic acids is 3. The van der Waals surface area contributed by atoms with E-state index in [1.165, 1.54) is 4.90 Å². The van der Waals surface area contributed by atoms with Crippen molar-refractivity contribution < 1.29 is 14.4 Å². The minimum Gasteiger partial charge on any atom is -0.340 e. The fourth-order valence-corrected chi connectivity index (χ4v) is 5.14. The van der Waals surface area contributed by atoms with E-state index in [4.69, 9.17) is 0 Å². The number of aryl methyl sites for hydroxylation is 1. The smallest absolute Gasteiger partial charge is 0.241 e. The van der Waals surface area contributed by atoms with Crippen LogP contribution in [0.1, 0.15) is 43.4 Å². The van der Waals surface area contributed by atoms with Crippen LogP contribution >= 0.6 is 0 Å². The highest BCUT2D eigenvalue weighted by atomic mass is 16.2. The van der Waals surface area contributed by atoms with Crippen LogP contribution in [0.3, 0.4) is 0 Å². The molecule has 0 aliphatic carbocycles. The normalized spacial score (nSPS) is 21.8. The van der Waals surface area contributed by atoms with Crippen LogP contribution in [0.2, 0.25) is 0 Å². The molecule has 1 atom stereocenters. The van der Waals surface area contributed by atoms with Crippen LogP contribution in [0, 0.1) is 6.92 Å². The molecule has 6 heteroatoms. The second-order valence-corrected chi connectivity index (χ2v) is 9.53. The van der Waals surface area contributed by atoms with Gasteiger partial charge >= 0.3 is 0 Å². The molecule has 2 aliphatic heterocycles. The van der Waals surface area contributed by atoms with Crippen LogP contribution in [0.4, 0.5) is 0 Å². The molecular weight excluding hydrogens is 414 g/mol. The third kappa shape index (κ3) is 4.58. The van der Waals surface area contributed by atoms with E-state index in [1.54, 1.807) is 0 Å². The van der Waals surface area contributed by atoms with E-state index in [0.29, 0.717) is 19.1 Å². The van der Waals surface area contributed by atoms with Gasteiger partial charge in [0.05, 0.1) is 12.0 Å². The van der Waals surface area contributed by atoms with Crippen molar-refractivity contribution >= 4 is 17.7 Å². The molecule has 0 unspecified atom stereocenters. The standard InChI is InChI=1S/C27H33N3O3/c1-20(2)28-13-15-29(16-14-28)24(31)17-27(23-12-8-7-9-21(23)3)18-25(32)30(26(27)33)19-22-10-5-4-6-11-22/h4-12,20H,13-19H2,1-3H3/t27-/m1/s1. The first kappa shape index (κ1) is 23.2. The molecule has 2 fully saturated rings. The highest BCUT2D eigenvalue weighted by Crippen LogP contribution is 2.42. The lowest BCUT2D eigenvalue weighted by Crippen LogP contribution is -2.52. The van der Waals surface area contributed by atoms with Gasteiger partial charge in [0.2, 0.25) is 17.7 Å². The number of hydrogen-bond donors (Lipinski definition) is 0. The maximum Gasteiger partial charge on any atom is 0.241 e. The van der Waals surface area contributed by atoms with E-state index in [0.717, 1.165) is 29.8 Å². The van der Waals surface area contributed by atoms with Gasteiger partial charge in [-0.05, 0) is 37.5 Å². The molecule has 0 aromatic heterocycles. The number of rotatable bonds is 6. The lowest BCUT2D eigenvalue weighted by atomic mass is 9.74. The van der Waals surface area contributed by atoms with E-state index in [1.807, 2.05) is 66.4 Å². The average Bonchev–Trinajstić information content (AvgIpc) is 3.04. The fraction of sp³-hybridized carbons (Fsp3) is 0.444. The summed E-state index contributed by atoms with van der Waals surface area (Å²) in [7, 11) is 0. The molecule has 33 heavy (non-hydrogen) atoms. The van der Waals surface area contributed by atoms with Gasteiger partial charge in [-0.2, -0.15) is 0 Å². The van der Waals surface area contributed by atoms with Gasteiger partial charge in [-0.1, -0.05) is 54.6 Å². The third-order valence-corrected chi connectivity index (χ3v) is 7.10. The Labute approximate surface area is 196 Å². The number of imide groups is 1. The molecule has 174 valence electrons. The van der Waals surface area contributed by atoms with Crippen molar-refractivity contribution in [3.63, 3.8) is 0 Å². The summed E-state index contributed by atoms with van der Waals surface area (Å²) < 4.78 is 0. The molecule has 2 aliphatic rings. The Hall–Kier alpha value is -2.99. The molecule has 0 spiro atoms. The summed E-state index contributed by atoms with van der Waals surface area (Å²) in [6, 6.07) is 17.6. The van der Waals surface area contributed by atoms with E-state index in [2.05, 4.69) is 18.7 Å². The van der Waals surface area contributed by atoms with Crippen molar-refractivity contribution in [3.05, 3.63) is 71.3 Å². The van der Waals surface area contributed by atoms with Crippen LogP contribution in [0.5, 0.6) is 0 Å². The monoisotopic (exact) mass is 447 g/mol. The van der Waals surface area contributed by atoms with Crippen LogP contribution in [-0.4, -0.2) is 64.6 Å². The Morgan fingerprint density at radius 2 is 1.58 bits per heavy atom. The van der Waals surface area contributed by atoms with Gasteiger partial charge in [-0.15, -0.1) is 0 Å². The molecule has 6 nitrogen and oxygen atoms in total. The Bertz CT molecular complexity index is 1030. The van der Waals surface area contributed by atoms with Crippen molar-refractivity contribution in [1.29, 1.82) is 0 Å². The summed E-state index contributed by atoms with van der Waals surface area (Å²) in [4.78, 5) is 46.0. The van der Waals surface area contributed by atoms with Gasteiger partial charge in [0.25, 0.3) is 0 Å². The number of hydrogen-bond acceptors (Lipinski definition) is 4. The van der Waals surface area contributed by atoms with Gasteiger partial charge in [0.15, 0.2) is 0 Å². The lowest BCUT2D eigenvalue weighted by molar-refractivity contribution is -0.143. The lowest BCUT2D eigenvalue weighted by Gasteiger charge is -2.38. The molecule has 2 aromatic carbocycles. The quantitative estimate of drug-likeness (QED) is 0.639. The number of piperazine rings is 1. The van der Waals surface area contributed by atoms with Crippen molar-refractivity contribution in [2.24, 2.45) is 0 Å². The Kier molecular flexibility index (Phi) is 6.66. The summed E-state index contributed by atoms with van der Waals surface area (Å²) in [6.45, 7) is 9.45. The molecule has 4 rings (SSSR count). The summed E-state index contributed by atoms with van der Waals surface area (Å²) in [5, 5.41) is 0. The Balaban J connectivity index is 1.62. The van der Waals surface area contributed by atoms with Gasteiger partial charge in [0, 0.05) is 45.1 Å². The fourth-order valence-electron chi connectivity index (χ4n) is 5.14. The second kappa shape index (κ2) is 9.48. The topological polar surface area (TPSA) is 60.9 Å². The maximum atomic E-state index is 13.9. The molecule has 2 heterocycles. The number of benzene rings is 2. The number of nitrogens with zero attached hydrogens (tertiary/aromatic N) is 3. The van der Waals surface area contributed by atoms with E-state index in [-0.39, 0.29) is 37.1 Å². The van der Waals surface area contributed by atoms with Crippen molar-refractivity contribution in [1.82, 2.24) is 14.7 Å². The largest absolute Gasteiger partial charge is 0.340 e. The first-order valence-electron chi connectivity index (χ1n) is 11.8. The van der Waals surface area contributed by atoms with E-state index >= 15 is 0 Å². The van der Waals surface area contributed by atoms with Crippen molar-refractivity contribution in [2.45, 2.75) is 51.6 Å². The zero-order valence-corrected chi connectivity index (χ0v) is 19.8. The Morgan fingerprint density at radius 1 is 0.939 bits per heavy atom. The van der Waals surface area contributed by atoms with Crippen LogP contribution in [0.25, 0.3) is 0 Å². The molecule has 0 bridgehead atoms. The second-order valence-electron chi connectivity index (χ2n) is 9.53. The average molecular weight is 448 g/mol. The number of amides is 3. The zero-order valence-electron chi connectivity index (χ0n) is 19.8. The third-order valence-electron chi connectivity index (χ3n) is 7.10. The highest BCUT2D eigenvalue weighted by molar-refractivity contribution is 6.10. The first-order chi connectivity index (χ1) is 15.8. The molecule has 2 saturated heterocycles. The van der Waals surface area contributed by atoms with Crippen LogP contribution in [0.15, 0.2) is 54.6 Å². The predicted octanol–water partition coefficient (Wildman–Crippen LogP) is 3.13. The van der Waals surface area contributed by atoms with Gasteiger partial charge < -0.3 is 4.90 Å².